The molecule has 1 aromatic rings. The van der Waals surface area contributed by atoms with Gasteiger partial charge in [0.15, 0.2) is 0 Å². The number of thioether (sulfide) groups is 2. The molecule has 0 saturated carbocycles. The van der Waals surface area contributed by atoms with Gasteiger partial charge in [0.2, 0.25) is 22.1 Å². The second-order valence-electron chi connectivity index (χ2n) is 5.82. The Morgan fingerprint density at radius 3 is 2.12 bits per heavy atom. The molecule has 2 amide bonds. The Hall–Kier alpha value is -1.99. The molecule has 5 N–H and O–H groups in total. The number of nitrogens with one attached hydrogen (secondary N) is 2. The monoisotopic (exact) mass is 401 g/mol. The molecule has 0 aliphatic carbocycles. The fourth-order valence-corrected chi connectivity index (χ4v) is 3.37. The van der Waals surface area contributed by atoms with Crippen LogP contribution in [0, 0.1) is 5.92 Å². The fraction of sp³-hybridized carbons (Fsp3) is 0.615. The molecule has 0 aromatic carbocycles. The minimum atomic E-state index is -1.21. The van der Waals surface area contributed by atoms with E-state index < -0.39 is 35.9 Å². The number of carbonyl (C=O) groups is 3. The zero-order chi connectivity index (χ0) is 19.3. The van der Waals surface area contributed by atoms with Crippen LogP contribution in [0.2, 0.25) is 0 Å². The predicted molar refractivity (Wildman–Crippen MR) is 93.4 cm³/mol. The Balaban J connectivity index is 2.27. The number of aliphatic carboxylic acids is 1. The van der Waals surface area contributed by atoms with Crippen molar-refractivity contribution in [3.8, 4) is 0 Å². The highest BCUT2D eigenvalue weighted by Gasteiger charge is 2.30. The van der Waals surface area contributed by atoms with Crippen LogP contribution >= 0.6 is 23.5 Å². The number of nitrogens with zero attached hydrogens (tertiary/aromatic N) is 4. The first kappa shape index (κ1) is 20.3. The lowest BCUT2D eigenvalue weighted by Crippen LogP contribution is -2.57. The molecule has 0 saturated heterocycles. The highest BCUT2D eigenvalue weighted by atomic mass is 32.2. The van der Waals surface area contributed by atoms with Gasteiger partial charge in [0.1, 0.15) is 12.1 Å². The van der Waals surface area contributed by atoms with Gasteiger partial charge in [-0.3, -0.25) is 9.59 Å². The van der Waals surface area contributed by atoms with Crippen molar-refractivity contribution in [3.63, 3.8) is 0 Å². The van der Waals surface area contributed by atoms with E-state index >= 15 is 0 Å². The summed E-state index contributed by atoms with van der Waals surface area (Å²) < 4.78 is 0. The Morgan fingerprint density at radius 2 is 1.62 bits per heavy atom. The number of carboxylic acids is 1. The minimum Gasteiger partial charge on any atom is -0.480 e. The zero-order valence-corrected chi connectivity index (χ0v) is 15.7. The third-order valence-corrected chi connectivity index (χ3v) is 5.28. The van der Waals surface area contributed by atoms with Crippen LogP contribution in [0.4, 0.5) is 0 Å². The summed E-state index contributed by atoms with van der Waals surface area (Å²) in [6.45, 7) is 3.48. The molecule has 0 unspecified atom stereocenters. The van der Waals surface area contributed by atoms with Crippen LogP contribution in [0.1, 0.15) is 13.8 Å². The Morgan fingerprint density at radius 1 is 1.08 bits per heavy atom. The molecule has 2 bridgehead atoms. The van der Waals surface area contributed by atoms with Crippen molar-refractivity contribution in [2.75, 3.05) is 11.5 Å². The first-order valence-electron chi connectivity index (χ1n) is 7.70. The number of carbonyl (C=O) groups excluding carboxylic acids is 2. The summed E-state index contributed by atoms with van der Waals surface area (Å²) in [7, 11) is 0. The van der Waals surface area contributed by atoms with E-state index in [4.69, 9.17) is 5.73 Å². The lowest BCUT2D eigenvalue weighted by atomic mass is 10.0. The van der Waals surface area contributed by atoms with Crippen molar-refractivity contribution >= 4 is 41.3 Å². The molecule has 26 heavy (non-hydrogen) atoms. The lowest BCUT2D eigenvalue weighted by molar-refractivity contribution is -0.141. The molecule has 0 radical (unpaired) electrons. The maximum Gasteiger partial charge on any atom is 0.327 e. The second-order valence-corrected chi connectivity index (χ2v) is 7.80. The minimum absolute atomic E-state index is 0.0187. The van der Waals surface area contributed by atoms with Crippen molar-refractivity contribution < 1.29 is 19.5 Å². The average Bonchev–Trinajstić information content (AvgIpc) is 2.60. The summed E-state index contributed by atoms with van der Waals surface area (Å²) in [5.41, 5.74) is 5.85. The Kier molecular flexibility index (Phi) is 7.11. The van der Waals surface area contributed by atoms with Crippen molar-refractivity contribution in [1.29, 1.82) is 0 Å². The number of aromatic nitrogens is 4. The second kappa shape index (κ2) is 9.09. The molecule has 11 nitrogen and oxygen atoms in total. The van der Waals surface area contributed by atoms with E-state index in [1.165, 1.54) is 0 Å². The summed E-state index contributed by atoms with van der Waals surface area (Å²) in [6, 6.07) is -3.01. The van der Waals surface area contributed by atoms with Crippen LogP contribution in [-0.2, 0) is 14.4 Å². The largest absolute Gasteiger partial charge is 0.480 e. The first-order valence-corrected chi connectivity index (χ1v) is 9.67. The Labute approximate surface area is 157 Å². The van der Waals surface area contributed by atoms with Gasteiger partial charge in [-0.15, -0.1) is 20.4 Å². The van der Waals surface area contributed by atoms with Crippen LogP contribution in [0.25, 0.3) is 0 Å². The molecule has 3 rings (SSSR count). The molecule has 1 aromatic heterocycles. The summed E-state index contributed by atoms with van der Waals surface area (Å²) in [5, 5.41) is 30.2. The Bertz CT molecular complexity index is 673. The molecule has 2 aliphatic heterocycles. The molecule has 2 aliphatic rings. The fourth-order valence-electron chi connectivity index (χ4n) is 1.96. The van der Waals surface area contributed by atoms with Gasteiger partial charge in [-0.05, 0) is 5.92 Å². The summed E-state index contributed by atoms with van der Waals surface area (Å²) in [6.07, 6.45) is 0. The highest BCUT2D eigenvalue weighted by molar-refractivity contribution is 7.99. The van der Waals surface area contributed by atoms with E-state index in [9.17, 15) is 19.5 Å². The number of hydrogen-bond acceptors (Lipinski definition) is 10. The van der Waals surface area contributed by atoms with Crippen molar-refractivity contribution in [2.24, 2.45) is 11.7 Å². The van der Waals surface area contributed by atoms with E-state index in [-0.39, 0.29) is 27.7 Å². The molecule has 3 atom stereocenters. The van der Waals surface area contributed by atoms with Crippen LogP contribution in [0.5, 0.6) is 0 Å². The van der Waals surface area contributed by atoms with Crippen LogP contribution in [0.15, 0.2) is 10.3 Å². The van der Waals surface area contributed by atoms with Crippen molar-refractivity contribution in [3.05, 3.63) is 0 Å². The van der Waals surface area contributed by atoms with Gasteiger partial charge in [-0.1, -0.05) is 37.4 Å². The quantitative estimate of drug-likeness (QED) is 0.454. The molecular weight excluding hydrogens is 382 g/mol. The van der Waals surface area contributed by atoms with Crippen molar-refractivity contribution in [2.45, 2.75) is 42.3 Å². The molecule has 3 heterocycles. The molecule has 13 heteroatoms. The third-order valence-electron chi connectivity index (χ3n) is 3.41. The molecule has 142 valence electrons. The number of fused-ring (bicyclic) bond motifs is 12. The zero-order valence-electron chi connectivity index (χ0n) is 14.1. The molecule has 0 spiro atoms. The average molecular weight is 401 g/mol. The van der Waals surface area contributed by atoms with Gasteiger partial charge in [-0.2, -0.15) is 0 Å². The summed E-state index contributed by atoms with van der Waals surface area (Å²) >= 11 is 2.12. The van der Waals surface area contributed by atoms with Gasteiger partial charge >= 0.3 is 5.97 Å². The van der Waals surface area contributed by atoms with Crippen LogP contribution < -0.4 is 16.4 Å². The number of nitrogens with two attached hydrogens (primary N) is 1. The smallest absolute Gasteiger partial charge is 0.327 e. The topological polar surface area (TPSA) is 173 Å². The van der Waals surface area contributed by atoms with E-state index in [0.29, 0.717) is 0 Å². The normalized spacial score (nSPS) is 25.2. The van der Waals surface area contributed by atoms with Gasteiger partial charge in [-0.25, -0.2) is 4.79 Å². The lowest BCUT2D eigenvalue weighted by Gasteiger charge is -2.25. The van der Waals surface area contributed by atoms with E-state index in [2.05, 4.69) is 31.0 Å². The van der Waals surface area contributed by atoms with E-state index in [1.54, 1.807) is 13.8 Å². The number of rotatable bonds is 2. The van der Waals surface area contributed by atoms with Gasteiger partial charge < -0.3 is 21.5 Å². The number of amides is 2. The third kappa shape index (κ3) is 5.51. The van der Waals surface area contributed by atoms with Crippen molar-refractivity contribution in [1.82, 2.24) is 31.0 Å². The summed E-state index contributed by atoms with van der Waals surface area (Å²) in [4.78, 5) is 36.2. The van der Waals surface area contributed by atoms with Gasteiger partial charge in [0.25, 0.3) is 0 Å². The molecular formula is C13H19N7O4S2. The summed E-state index contributed by atoms with van der Waals surface area (Å²) in [5.74, 6) is -2.44. The van der Waals surface area contributed by atoms with Gasteiger partial charge in [0.05, 0.1) is 6.04 Å². The standard InChI is InChI=1S/C13H19N7O4S2/c1-5(2)8-10(22)15-7(11(23)24)4-26-13-19-17-12(18-20-13)25-3-6(14)9(21)16-8/h5-8H,3-4,14H2,1-2H3,(H,15,22)(H,16,21)(H,23,24)/t6-,7-,8-/m0/s1. The highest BCUT2D eigenvalue weighted by Crippen LogP contribution is 2.16. The maximum absolute atomic E-state index is 12.5. The first-order chi connectivity index (χ1) is 12.3. The molecule has 0 fully saturated rings. The van der Waals surface area contributed by atoms with Gasteiger partial charge in [0, 0.05) is 11.5 Å². The van der Waals surface area contributed by atoms with Crippen LogP contribution in [0.3, 0.4) is 0 Å². The number of hydrogen-bond donors (Lipinski definition) is 4. The van der Waals surface area contributed by atoms with Crippen LogP contribution in [-0.4, -0.2) is 72.9 Å². The van der Waals surface area contributed by atoms with E-state index in [1.807, 2.05) is 0 Å². The van der Waals surface area contributed by atoms with E-state index in [0.717, 1.165) is 23.5 Å². The SMILES string of the molecule is CC(C)[C@@H]1NC(=O)[C@@H](N)CSc2nnc(nn2)SC[C@@H](C(=O)O)NC1=O. The predicted octanol–water partition coefficient (Wildman–Crippen LogP) is -1.50. The number of carboxylic acid groups (broad SMARTS) is 1. The maximum atomic E-state index is 12.5.